The number of nitrogens with two attached hydrogens (primary N) is 1. The number of hydrogen-bond acceptors (Lipinski definition) is 3. The van der Waals surface area contributed by atoms with Crippen LogP contribution in [0.3, 0.4) is 0 Å². The summed E-state index contributed by atoms with van der Waals surface area (Å²) < 4.78 is 61.8. The molecule has 0 amide bonds. The lowest BCUT2D eigenvalue weighted by Gasteiger charge is -2.17. The zero-order valence-corrected chi connectivity index (χ0v) is 12.5. The Labute approximate surface area is 122 Å². The summed E-state index contributed by atoms with van der Waals surface area (Å²) in [5.41, 5.74) is 4.95. The average molecular weight is 333 g/mol. The summed E-state index contributed by atoms with van der Waals surface area (Å²) in [7, 11) is -0.884. The van der Waals surface area contributed by atoms with Gasteiger partial charge in [-0.1, -0.05) is 12.1 Å². The molecule has 0 saturated carbocycles. The van der Waals surface area contributed by atoms with Gasteiger partial charge in [0.05, 0.1) is 11.3 Å². The maximum atomic E-state index is 12.5. The van der Waals surface area contributed by atoms with Crippen LogP contribution >= 0.6 is 12.4 Å². The van der Waals surface area contributed by atoms with E-state index in [-0.39, 0.29) is 18.0 Å². The Morgan fingerprint density at radius 2 is 1.85 bits per heavy atom. The van der Waals surface area contributed by atoms with E-state index in [0.29, 0.717) is 0 Å². The smallest absolute Gasteiger partial charge is 0.323 e. The van der Waals surface area contributed by atoms with Crippen LogP contribution < -0.4 is 5.73 Å². The molecule has 1 aromatic rings. The molecule has 1 rings (SSSR count). The Morgan fingerprint density at radius 3 is 2.30 bits per heavy atom. The molecule has 0 aliphatic rings. The first-order valence-corrected chi connectivity index (χ1v) is 6.98. The van der Waals surface area contributed by atoms with Crippen molar-refractivity contribution in [3.63, 3.8) is 0 Å². The molecular formula is C11H16ClF3N2O2S. The highest BCUT2D eigenvalue weighted by Crippen LogP contribution is 2.30. The van der Waals surface area contributed by atoms with E-state index < -0.39 is 33.6 Å². The highest BCUT2D eigenvalue weighted by Gasteiger charge is 2.31. The predicted octanol–water partition coefficient (Wildman–Crippen LogP) is 2.02. The molecule has 4 nitrogen and oxygen atoms in total. The molecule has 0 heterocycles. The molecule has 1 aromatic carbocycles. The molecule has 0 fully saturated rings. The number of alkyl halides is 3. The molecule has 9 heteroatoms. The average Bonchev–Trinajstić information content (AvgIpc) is 2.27. The van der Waals surface area contributed by atoms with Gasteiger partial charge in [-0.2, -0.15) is 13.2 Å². The second-order valence-electron chi connectivity index (χ2n) is 4.29. The largest absolute Gasteiger partial charge is 0.416 e. The van der Waals surface area contributed by atoms with Crippen molar-refractivity contribution in [3.05, 3.63) is 35.4 Å². The first-order chi connectivity index (χ1) is 8.54. The van der Waals surface area contributed by atoms with E-state index in [1.807, 2.05) is 0 Å². The van der Waals surface area contributed by atoms with Gasteiger partial charge in [0.25, 0.3) is 0 Å². The Morgan fingerprint density at radius 1 is 1.30 bits per heavy atom. The summed E-state index contributed by atoms with van der Waals surface area (Å²) in [6.07, 6.45) is -4.48. The SMILES string of the molecule is CN(C)S(=O)(=O)CC(N)c1cccc(C(F)(F)F)c1.Cl. The molecule has 116 valence electrons. The van der Waals surface area contributed by atoms with E-state index in [1.165, 1.54) is 26.2 Å². The first kappa shape index (κ1) is 19.2. The molecule has 0 aromatic heterocycles. The van der Waals surface area contributed by atoms with Crippen LogP contribution in [0.25, 0.3) is 0 Å². The summed E-state index contributed by atoms with van der Waals surface area (Å²) in [6, 6.07) is 3.37. The number of hydrogen-bond donors (Lipinski definition) is 1. The first-order valence-electron chi connectivity index (χ1n) is 5.37. The molecule has 0 bridgehead atoms. The Kier molecular flexibility index (Phi) is 6.47. The van der Waals surface area contributed by atoms with Gasteiger partial charge >= 0.3 is 6.18 Å². The minimum absolute atomic E-state index is 0. The minimum atomic E-state index is -4.48. The minimum Gasteiger partial charge on any atom is -0.323 e. The number of sulfonamides is 1. The quantitative estimate of drug-likeness (QED) is 0.917. The Balaban J connectivity index is 0.00000361. The molecular weight excluding hydrogens is 317 g/mol. The predicted molar refractivity (Wildman–Crippen MR) is 73.1 cm³/mol. The van der Waals surface area contributed by atoms with Gasteiger partial charge in [-0.15, -0.1) is 12.4 Å². The van der Waals surface area contributed by atoms with Gasteiger partial charge in [-0.05, 0) is 17.7 Å². The monoisotopic (exact) mass is 332 g/mol. The fourth-order valence-corrected chi connectivity index (χ4v) is 2.36. The maximum absolute atomic E-state index is 12.5. The van der Waals surface area contributed by atoms with Crippen molar-refractivity contribution in [1.82, 2.24) is 4.31 Å². The van der Waals surface area contributed by atoms with Crippen LogP contribution in [0.15, 0.2) is 24.3 Å². The topological polar surface area (TPSA) is 63.4 Å². The lowest BCUT2D eigenvalue weighted by Crippen LogP contribution is -2.31. The third-order valence-electron chi connectivity index (χ3n) is 2.59. The highest BCUT2D eigenvalue weighted by molar-refractivity contribution is 7.89. The molecule has 20 heavy (non-hydrogen) atoms. The van der Waals surface area contributed by atoms with Gasteiger partial charge in [-0.3, -0.25) is 0 Å². The molecule has 0 spiro atoms. The Hall–Kier alpha value is -0.830. The van der Waals surface area contributed by atoms with E-state index in [9.17, 15) is 21.6 Å². The molecule has 1 unspecified atom stereocenters. The van der Waals surface area contributed by atoms with Crippen molar-refractivity contribution >= 4 is 22.4 Å². The molecule has 1 atom stereocenters. The van der Waals surface area contributed by atoms with Crippen molar-refractivity contribution in [2.24, 2.45) is 5.73 Å². The van der Waals surface area contributed by atoms with Crippen LogP contribution in [0, 0.1) is 0 Å². The van der Waals surface area contributed by atoms with Gasteiger partial charge in [0.2, 0.25) is 10.0 Å². The van der Waals surface area contributed by atoms with Crippen LogP contribution in [-0.2, 0) is 16.2 Å². The summed E-state index contributed by atoms with van der Waals surface area (Å²) in [6.45, 7) is 0. The van der Waals surface area contributed by atoms with Gasteiger partial charge < -0.3 is 5.73 Å². The molecule has 0 aliphatic carbocycles. The number of halogens is 4. The maximum Gasteiger partial charge on any atom is 0.416 e. The van der Waals surface area contributed by atoms with Crippen molar-refractivity contribution < 1.29 is 21.6 Å². The number of rotatable bonds is 4. The van der Waals surface area contributed by atoms with Crippen molar-refractivity contribution in [2.45, 2.75) is 12.2 Å². The number of benzene rings is 1. The van der Waals surface area contributed by atoms with Crippen LogP contribution in [0.5, 0.6) is 0 Å². The van der Waals surface area contributed by atoms with E-state index in [0.717, 1.165) is 16.4 Å². The van der Waals surface area contributed by atoms with Gasteiger partial charge in [0, 0.05) is 20.1 Å². The summed E-state index contributed by atoms with van der Waals surface area (Å²) in [5, 5.41) is 0. The van der Waals surface area contributed by atoms with E-state index in [4.69, 9.17) is 5.73 Å². The standard InChI is InChI=1S/C11H15F3N2O2S.ClH/c1-16(2)19(17,18)7-10(15)8-4-3-5-9(6-8)11(12,13)14;/h3-6,10H,7,15H2,1-2H3;1H. The van der Waals surface area contributed by atoms with Crippen LogP contribution in [0.1, 0.15) is 17.2 Å². The lowest BCUT2D eigenvalue weighted by atomic mass is 10.1. The van der Waals surface area contributed by atoms with Gasteiger partial charge in [0.15, 0.2) is 0 Å². The van der Waals surface area contributed by atoms with Crippen LogP contribution in [0.4, 0.5) is 13.2 Å². The Bertz CT molecular complexity index is 547. The zero-order chi connectivity index (χ0) is 14.8. The van der Waals surface area contributed by atoms with Crippen molar-refractivity contribution in [2.75, 3.05) is 19.8 Å². The molecule has 0 radical (unpaired) electrons. The normalized spacial score (nSPS) is 13.9. The van der Waals surface area contributed by atoms with Crippen LogP contribution in [0.2, 0.25) is 0 Å². The summed E-state index contributed by atoms with van der Waals surface area (Å²) in [4.78, 5) is 0. The zero-order valence-electron chi connectivity index (χ0n) is 10.9. The van der Waals surface area contributed by atoms with Crippen molar-refractivity contribution in [1.29, 1.82) is 0 Å². The fourth-order valence-electron chi connectivity index (χ4n) is 1.42. The second-order valence-corrected chi connectivity index (χ2v) is 6.52. The molecule has 2 N–H and O–H groups in total. The second kappa shape index (κ2) is 6.75. The lowest BCUT2D eigenvalue weighted by molar-refractivity contribution is -0.137. The van der Waals surface area contributed by atoms with E-state index >= 15 is 0 Å². The molecule has 0 aliphatic heterocycles. The van der Waals surface area contributed by atoms with E-state index in [2.05, 4.69) is 0 Å². The summed E-state index contributed by atoms with van der Waals surface area (Å²) >= 11 is 0. The third-order valence-corrected chi connectivity index (χ3v) is 4.48. The van der Waals surface area contributed by atoms with E-state index in [1.54, 1.807) is 0 Å². The fraction of sp³-hybridized carbons (Fsp3) is 0.455. The van der Waals surface area contributed by atoms with Gasteiger partial charge in [0.1, 0.15) is 0 Å². The molecule has 0 saturated heterocycles. The number of nitrogens with zero attached hydrogens (tertiary/aromatic N) is 1. The van der Waals surface area contributed by atoms with Gasteiger partial charge in [-0.25, -0.2) is 12.7 Å². The van der Waals surface area contributed by atoms with Crippen molar-refractivity contribution in [3.8, 4) is 0 Å². The highest BCUT2D eigenvalue weighted by atomic mass is 35.5. The summed E-state index contributed by atoms with van der Waals surface area (Å²) in [5.74, 6) is -0.443. The van der Waals surface area contributed by atoms with Crippen LogP contribution in [-0.4, -0.2) is 32.6 Å². The third kappa shape index (κ3) is 4.93.